The molecular formula is C14H12ClN5O. The minimum atomic E-state index is -0.00144. The van der Waals surface area contributed by atoms with Crippen molar-refractivity contribution in [2.75, 3.05) is 18.0 Å². The van der Waals surface area contributed by atoms with Gasteiger partial charge in [0.2, 0.25) is 0 Å². The summed E-state index contributed by atoms with van der Waals surface area (Å²) in [5.41, 5.74) is 0.333. The van der Waals surface area contributed by atoms with Gasteiger partial charge in [-0.15, -0.1) is 0 Å². The van der Waals surface area contributed by atoms with Gasteiger partial charge in [0.25, 0.3) is 0 Å². The van der Waals surface area contributed by atoms with Crippen LogP contribution in [0, 0.1) is 11.3 Å². The molecule has 0 amide bonds. The normalized spacial score (nSPS) is 17.5. The van der Waals surface area contributed by atoms with E-state index >= 15 is 0 Å². The third kappa shape index (κ3) is 2.88. The Morgan fingerprint density at radius 3 is 3.00 bits per heavy atom. The van der Waals surface area contributed by atoms with Gasteiger partial charge >= 0.3 is 0 Å². The van der Waals surface area contributed by atoms with Crippen LogP contribution in [0.1, 0.15) is 12.1 Å². The lowest BCUT2D eigenvalue weighted by molar-refractivity contribution is 0.225. The van der Waals surface area contributed by atoms with Crippen molar-refractivity contribution < 1.29 is 4.74 Å². The van der Waals surface area contributed by atoms with E-state index in [-0.39, 0.29) is 6.10 Å². The number of ether oxygens (including phenoxy) is 1. The number of halogens is 1. The molecule has 2 aromatic heterocycles. The molecule has 0 bridgehead atoms. The van der Waals surface area contributed by atoms with Gasteiger partial charge in [0, 0.05) is 43.8 Å². The van der Waals surface area contributed by atoms with Crippen LogP contribution in [0.4, 0.5) is 5.82 Å². The van der Waals surface area contributed by atoms with E-state index in [1.54, 1.807) is 24.7 Å². The third-order valence-electron chi connectivity index (χ3n) is 3.26. The van der Waals surface area contributed by atoms with Crippen molar-refractivity contribution in [3.8, 4) is 11.8 Å². The summed E-state index contributed by atoms with van der Waals surface area (Å²) in [5, 5.41) is 9.58. The van der Waals surface area contributed by atoms with Crippen molar-refractivity contribution in [3.63, 3.8) is 0 Å². The van der Waals surface area contributed by atoms with Gasteiger partial charge in [-0.1, -0.05) is 11.6 Å². The van der Waals surface area contributed by atoms with E-state index in [1.807, 2.05) is 4.90 Å². The van der Waals surface area contributed by atoms with Crippen molar-refractivity contribution in [2.45, 2.75) is 12.5 Å². The largest absolute Gasteiger partial charge is 0.487 e. The minimum Gasteiger partial charge on any atom is -0.487 e. The van der Waals surface area contributed by atoms with Gasteiger partial charge in [-0.25, -0.2) is 9.97 Å². The summed E-state index contributed by atoms with van der Waals surface area (Å²) in [5.74, 6) is 1.23. The number of hydrogen-bond donors (Lipinski definition) is 0. The van der Waals surface area contributed by atoms with Crippen LogP contribution < -0.4 is 9.64 Å². The molecule has 6 nitrogen and oxygen atoms in total. The molecule has 0 N–H and O–H groups in total. The first kappa shape index (κ1) is 13.6. The summed E-state index contributed by atoms with van der Waals surface area (Å²) in [7, 11) is 0. The van der Waals surface area contributed by atoms with Crippen molar-refractivity contribution in [3.05, 3.63) is 41.6 Å². The molecule has 21 heavy (non-hydrogen) atoms. The fourth-order valence-electron chi connectivity index (χ4n) is 2.30. The van der Waals surface area contributed by atoms with Crippen LogP contribution in [0.25, 0.3) is 0 Å². The maximum absolute atomic E-state index is 9.08. The van der Waals surface area contributed by atoms with Gasteiger partial charge in [-0.3, -0.25) is 4.98 Å². The zero-order chi connectivity index (χ0) is 14.7. The molecular weight excluding hydrogens is 290 g/mol. The summed E-state index contributed by atoms with van der Waals surface area (Å²) in [6.45, 7) is 1.41. The molecule has 7 heteroatoms. The first-order valence-corrected chi connectivity index (χ1v) is 6.88. The molecule has 0 radical (unpaired) electrons. The fourth-order valence-corrected chi connectivity index (χ4v) is 2.46. The second-order valence-corrected chi connectivity index (χ2v) is 5.03. The molecule has 1 fully saturated rings. The molecule has 0 aromatic carbocycles. The minimum absolute atomic E-state index is 0.00144. The second kappa shape index (κ2) is 5.94. The Kier molecular flexibility index (Phi) is 3.84. The standard InChI is InChI=1S/C14H12ClN5O/c15-11-8-17-3-1-13(11)21-10-2-6-20(9-10)14-12(7-16)18-4-5-19-14/h1,3-5,8,10H,2,6,9H2. The van der Waals surface area contributed by atoms with Crippen LogP contribution in [-0.2, 0) is 0 Å². The highest BCUT2D eigenvalue weighted by molar-refractivity contribution is 6.31. The molecule has 2 aromatic rings. The number of pyridine rings is 1. The fraction of sp³-hybridized carbons (Fsp3) is 0.286. The Labute approximate surface area is 127 Å². The number of nitriles is 1. The Morgan fingerprint density at radius 2 is 2.19 bits per heavy atom. The average molecular weight is 302 g/mol. The smallest absolute Gasteiger partial charge is 0.183 e. The summed E-state index contributed by atoms with van der Waals surface area (Å²) in [6.07, 6.45) is 7.13. The first-order valence-electron chi connectivity index (χ1n) is 6.50. The van der Waals surface area contributed by atoms with Crippen LogP contribution in [0.15, 0.2) is 30.9 Å². The van der Waals surface area contributed by atoms with E-state index < -0.39 is 0 Å². The third-order valence-corrected chi connectivity index (χ3v) is 3.54. The maximum atomic E-state index is 9.08. The van der Waals surface area contributed by atoms with Gasteiger partial charge in [0.15, 0.2) is 11.5 Å². The zero-order valence-electron chi connectivity index (χ0n) is 11.1. The summed E-state index contributed by atoms with van der Waals surface area (Å²) >= 11 is 6.04. The number of anilines is 1. The number of rotatable bonds is 3. The molecule has 1 aliphatic heterocycles. The molecule has 1 aliphatic rings. The number of hydrogen-bond acceptors (Lipinski definition) is 6. The van der Waals surface area contributed by atoms with E-state index in [2.05, 4.69) is 21.0 Å². The molecule has 0 spiro atoms. The lowest BCUT2D eigenvalue weighted by Gasteiger charge is -2.18. The Hall–Kier alpha value is -2.39. The molecule has 106 valence electrons. The highest BCUT2D eigenvalue weighted by atomic mass is 35.5. The van der Waals surface area contributed by atoms with Crippen LogP contribution in [0.2, 0.25) is 5.02 Å². The van der Waals surface area contributed by atoms with Crippen LogP contribution in [0.3, 0.4) is 0 Å². The highest BCUT2D eigenvalue weighted by Crippen LogP contribution is 2.27. The van der Waals surface area contributed by atoms with Gasteiger partial charge in [0.05, 0.1) is 6.54 Å². The zero-order valence-corrected chi connectivity index (χ0v) is 11.9. The average Bonchev–Trinajstić information content (AvgIpc) is 2.98. The molecule has 0 saturated carbocycles. The first-order chi connectivity index (χ1) is 10.3. The topological polar surface area (TPSA) is 74.9 Å². The predicted octanol–water partition coefficient (Wildman–Crippen LogP) is 2.05. The number of aromatic nitrogens is 3. The Balaban J connectivity index is 1.71. The van der Waals surface area contributed by atoms with E-state index in [9.17, 15) is 0 Å². The monoisotopic (exact) mass is 301 g/mol. The van der Waals surface area contributed by atoms with Crippen LogP contribution >= 0.6 is 11.6 Å². The number of nitrogens with zero attached hydrogens (tertiary/aromatic N) is 5. The highest BCUT2D eigenvalue weighted by Gasteiger charge is 2.27. The van der Waals surface area contributed by atoms with Gasteiger partial charge < -0.3 is 9.64 Å². The van der Waals surface area contributed by atoms with Crippen molar-refractivity contribution >= 4 is 17.4 Å². The molecule has 3 rings (SSSR count). The summed E-state index contributed by atoms with van der Waals surface area (Å²) in [6, 6.07) is 3.80. The maximum Gasteiger partial charge on any atom is 0.183 e. The van der Waals surface area contributed by atoms with Crippen molar-refractivity contribution in [2.24, 2.45) is 0 Å². The predicted molar refractivity (Wildman–Crippen MR) is 77.2 cm³/mol. The molecule has 0 aliphatic carbocycles. The molecule has 1 atom stereocenters. The second-order valence-electron chi connectivity index (χ2n) is 4.62. The Morgan fingerprint density at radius 1 is 1.33 bits per heavy atom. The summed E-state index contributed by atoms with van der Waals surface area (Å²) in [4.78, 5) is 14.2. The SMILES string of the molecule is N#Cc1nccnc1N1CCC(Oc2ccncc2Cl)C1. The van der Waals surface area contributed by atoms with Gasteiger partial charge in [-0.2, -0.15) is 5.26 Å². The lowest BCUT2D eigenvalue weighted by atomic mass is 10.3. The quantitative estimate of drug-likeness (QED) is 0.864. The summed E-state index contributed by atoms with van der Waals surface area (Å²) < 4.78 is 5.89. The van der Waals surface area contributed by atoms with E-state index in [0.29, 0.717) is 28.8 Å². The molecule has 1 saturated heterocycles. The van der Waals surface area contributed by atoms with E-state index in [0.717, 1.165) is 13.0 Å². The Bertz CT molecular complexity index is 687. The van der Waals surface area contributed by atoms with Gasteiger partial charge in [-0.05, 0) is 0 Å². The molecule has 3 heterocycles. The van der Waals surface area contributed by atoms with E-state index in [1.165, 1.54) is 6.20 Å². The molecule has 1 unspecified atom stereocenters. The van der Waals surface area contributed by atoms with Crippen LogP contribution in [0.5, 0.6) is 5.75 Å². The lowest BCUT2D eigenvalue weighted by Crippen LogP contribution is -2.26. The van der Waals surface area contributed by atoms with Gasteiger partial charge in [0.1, 0.15) is 22.9 Å². The van der Waals surface area contributed by atoms with Crippen molar-refractivity contribution in [1.82, 2.24) is 15.0 Å². The van der Waals surface area contributed by atoms with Crippen molar-refractivity contribution in [1.29, 1.82) is 5.26 Å². The van der Waals surface area contributed by atoms with E-state index in [4.69, 9.17) is 21.6 Å². The van der Waals surface area contributed by atoms with Crippen LogP contribution in [-0.4, -0.2) is 34.1 Å².